The lowest BCUT2D eigenvalue weighted by Crippen LogP contribution is -2.31. The molecule has 1 fully saturated rings. The van der Waals surface area contributed by atoms with Crippen LogP contribution < -0.4 is 5.32 Å². The summed E-state index contributed by atoms with van der Waals surface area (Å²) >= 11 is 6.21. The fourth-order valence-electron chi connectivity index (χ4n) is 2.35. The van der Waals surface area contributed by atoms with Crippen LogP contribution in [0, 0.1) is 0 Å². The van der Waals surface area contributed by atoms with Crippen LogP contribution >= 0.6 is 11.6 Å². The van der Waals surface area contributed by atoms with E-state index in [4.69, 9.17) is 11.6 Å². The molecule has 1 aromatic carbocycles. The molecule has 2 amide bonds. The van der Waals surface area contributed by atoms with E-state index in [0.717, 1.165) is 35.6 Å². The van der Waals surface area contributed by atoms with Crippen molar-refractivity contribution in [3.05, 3.63) is 35.5 Å². The van der Waals surface area contributed by atoms with Crippen LogP contribution in [0.15, 0.2) is 30.5 Å². The summed E-state index contributed by atoms with van der Waals surface area (Å²) in [6.07, 6.45) is 2.02. The van der Waals surface area contributed by atoms with Crippen molar-refractivity contribution in [3.63, 3.8) is 0 Å². The number of carbonyl (C=O) groups excluding carboxylic acids is 1. The van der Waals surface area contributed by atoms with Crippen LogP contribution in [0.4, 0.5) is 4.79 Å². The Labute approximate surface area is 110 Å². The number of hydrogen-bond donors (Lipinski definition) is 1. The normalized spacial score (nSPS) is 15.4. The molecular weight excluding hydrogens is 250 g/mol. The Morgan fingerprint density at radius 2 is 2.17 bits per heavy atom. The summed E-state index contributed by atoms with van der Waals surface area (Å²) in [5.74, 6) is 0. The molecule has 3 rings (SSSR count). The molecule has 2 aromatic rings. The second kappa shape index (κ2) is 4.53. The maximum Gasteiger partial charge on any atom is 0.317 e. The van der Waals surface area contributed by atoms with Crippen LogP contribution in [-0.4, -0.2) is 35.1 Å². The lowest BCUT2D eigenvalue weighted by molar-refractivity contribution is 0.216. The zero-order chi connectivity index (χ0) is 12.5. The summed E-state index contributed by atoms with van der Waals surface area (Å²) in [5.41, 5.74) is 1.04. The first-order chi connectivity index (χ1) is 8.75. The third-order valence-electron chi connectivity index (χ3n) is 3.30. The summed E-state index contributed by atoms with van der Waals surface area (Å²) in [4.78, 5) is 13.3. The fraction of sp³-hybridized carbons (Fsp3) is 0.308. The van der Waals surface area contributed by atoms with Gasteiger partial charge in [-0.1, -0.05) is 23.7 Å². The topological polar surface area (TPSA) is 37.3 Å². The first-order valence-electron chi connectivity index (χ1n) is 6.02. The van der Waals surface area contributed by atoms with Gasteiger partial charge in [-0.25, -0.2) is 4.79 Å². The summed E-state index contributed by atoms with van der Waals surface area (Å²) in [5, 5.41) is 4.69. The molecule has 1 saturated heterocycles. The number of rotatable bonds is 3. The van der Waals surface area contributed by atoms with Crippen LogP contribution in [-0.2, 0) is 6.54 Å². The predicted octanol–water partition coefficient (Wildman–Crippen LogP) is 2.32. The van der Waals surface area contributed by atoms with Gasteiger partial charge in [0.15, 0.2) is 0 Å². The summed E-state index contributed by atoms with van der Waals surface area (Å²) in [6.45, 7) is 3.00. The highest BCUT2D eigenvalue weighted by atomic mass is 35.5. The number of aromatic nitrogens is 1. The molecule has 18 heavy (non-hydrogen) atoms. The quantitative estimate of drug-likeness (QED) is 0.907. The number of para-hydroxylation sites is 1. The highest BCUT2D eigenvalue weighted by Gasteiger charge is 2.18. The molecule has 0 bridgehead atoms. The summed E-state index contributed by atoms with van der Waals surface area (Å²) in [6, 6.07) is 7.95. The smallest absolute Gasteiger partial charge is 0.317 e. The van der Waals surface area contributed by atoms with Gasteiger partial charge in [0.25, 0.3) is 0 Å². The van der Waals surface area contributed by atoms with Crippen molar-refractivity contribution in [2.45, 2.75) is 6.54 Å². The van der Waals surface area contributed by atoms with Gasteiger partial charge >= 0.3 is 6.03 Å². The highest BCUT2D eigenvalue weighted by molar-refractivity contribution is 6.35. The minimum absolute atomic E-state index is 0.0255. The number of benzene rings is 1. The van der Waals surface area contributed by atoms with Crippen molar-refractivity contribution in [1.29, 1.82) is 0 Å². The minimum atomic E-state index is 0.0255. The molecule has 0 aliphatic carbocycles. The molecule has 4 nitrogen and oxygen atoms in total. The minimum Gasteiger partial charge on any atom is -0.344 e. The van der Waals surface area contributed by atoms with Crippen molar-refractivity contribution in [2.75, 3.05) is 19.6 Å². The molecule has 1 aromatic heterocycles. The lowest BCUT2D eigenvalue weighted by atomic mass is 10.2. The largest absolute Gasteiger partial charge is 0.344 e. The van der Waals surface area contributed by atoms with Crippen LogP contribution in [0.2, 0.25) is 5.02 Å². The average Bonchev–Trinajstić information content (AvgIpc) is 2.94. The molecule has 0 spiro atoms. The lowest BCUT2D eigenvalue weighted by Gasteiger charge is -2.15. The van der Waals surface area contributed by atoms with Crippen molar-refractivity contribution in [2.24, 2.45) is 0 Å². The fourth-order valence-corrected chi connectivity index (χ4v) is 2.64. The van der Waals surface area contributed by atoms with E-state index >= 15 is 0 Å². The number of nitrogens with zero attached hydrogens (tertiary/aromatic N) is 2. The van der Waals surface area contributed by atoms with Crippen molar-refractivity contribution in [3.8, 4) is 0 Å². The number of hydrogen-bond acceptors (Lipinski definition) is 1. The van der Waals surface area contributed by atoms with E-state index in [9.17, 15) is 4.79 Å². The second-order valence-corrected chi connectivity index (χ2v) is 4.81. The molecular formula is C13H14ClN3O. The SMILES string of the molecule is O=C1NCCN1CCn1ccc2cccc(Cl)c21. The Hall–Kier alpha value is -1.68. The van der Waals surface area contributed by atoms with E-state index in [1.54, 1.807) is 0 Å². The van der Waals surface area contributed by atoms with Gasteiger partial charge in [-0.3, -0.25) is 0 Å². The molecule has 0 radical (unpaired) electrons. The Bertz CT molecular complexity index is 593. The third-order valence-corrected chi connectivity index (χ3v) is 3.60. The molecule has 1 aliphatic rings. The van der Waals surface area contributed by atoms with Gasteiger partial charge in [0.2, 0.25) is 0 Å². The maximum atomic E-state index is 11.4. The van der Waals surface area contributed by atoms with Crippen LogP contribution in [0.25, 0.3) is 10.9 Å². The van der Waals surface area contributed by atoms with Crippen molar-refractivity contribution >= 4 is 28.5 Å². The van der Waals surface area contributed by atoms with E-state index in [2.05, 4.69) is 9.88 Å². The molecule has 0 saturated carbocycles. The summed E-state index contributed by atoms with van der Waals surface area (Å²) in [7, 11) is 0. The highest BCUT2D eigenvalue weighted by Crippen LogP contribution is 2.24. The van der Waals surface area contributed by atoms with E-state index in [1.807, 2.05) is 35.4 Å². The zero-order valence-corrected chi connectivity index (χ0v) is 10.7. The molecule has 1 aliphatic heterocycles. The van der Waals surface area contributed by atoms with Gasteiger partial charge in [-0.2, -0.15) is 0 Å². The molecule has 0 atom stereocenters. The predicted molar refractivity (Wildman–Crippen MR) is 71.9 cm³/mol. The van der Waals surface area contributed by atoms with E-state index in [-0.39, 0.29) is 6.03 Å². The van der Waals surface area contributed by atoms with Gasteiger partial charge in [0, 0.05) is 37.8 Å². The van der Waals surface area contributed by atoms with Gasteiger partial charge in [0.1, 0.15) is 0 Å². The number of halogens is 1. The number of urea groups is 1. The first kappa shape index (κ1) is 11.4. The Balaban J connectivity index is 1.80. The molecule has 1 N–H and O–H groups in total. The average molecular weight is 264 g/mol. The number of nitrogens with one attached hydrogen (secondary N) is 1. The van der Waals surface area contributed by atoms with E-state index in [0.29, 0.717) is 6.54 Å². The summed E-state index contributed by atoms with van der Waals surface area (Å²) < 4.78 is 2.10. The van der Waals surface area contributed by atoms with Crippen molar-refractivity contribution in [1.82, 2.24) is 14.8 Å². The van der Waals surface area contributed by atoms with Gasteiger partial charge in [-0.05, 0) is 12.1 Å². The monoisotopic (exact) mass is 263 g/mol. The number of amides is 2. The van der Waals surface area contributed by atoms with Gasteiger partial charge < -0.3 is 14.8 Å². The van der Waals surface area contributed by atoms with Gasteiger partial charge in [0.05, 0.1) is 10.5 Å². The molecule has 2 heterocycles. The van der Waals surface area contributed by atoms with Crippen LogP contribution in [0.5, 0.6) is 0 Å². The van der Waals surface area contributed by atoms with E-state index in [1.165, 1.54) is 0 Å². The number of carbonyl (C=O) groups is 1. The first-order valence-corrected chi connectivity index (χ1v) is 6.39. The molecule has 0 unspecified atom stereocenters. The third kappa shape index (κ3) is 1.93. The second-order valence-electron chi connectivity index (χ2n) is 4.41. The standard InChI is InChI=1S/C13H14ClN3O/c14-11-3-1-2-10-4-6-16(12(10)11)8-9-17-7-5-15-13(17)18/h1-4,6H,5,7-9H2,(H,15,18). The van der Waals surface area contributed by atoms with Crippen LogP contribution in [0.1, 0.15) is 0 Å². The zero-order valence-electron chi connectivity index (χ0n) is 9.90. The maximum absolute atomic E-state index is 11.4. The van der Waals surface area contributed by atoms with Gasteiger partial charge in [-0.15, -0.1) is 0 Å². The molecule has 5 heteroatoms. The number of fused-ring (bicyclic) bond motifs is 1. The Morgan fingerprint density at radius 1 is 1.28 bits per heavy atom. The molecule has 94 valence electrons. The Kier molecular flexibility index (Phi) is 2.88. The van der Waals surface area contributed by atoms with E-state index < -0.39 is 0 Å². The Morgan fingerprint density at radius 3 is 2.94 bits per heavy atom. The van der Waals surface area contributed by atoms with Crippen LogP contribution in [0.3, 0.4) is 0 Å². The van der Waals surface area contributed by atoms with Crippen molar-refractivity contribution < 1.29 is 4.79 Å².